The molecule has 0 fully saturated rings. The van der Waals surface area contributed by atoms with Crippen molar-refractivity contribution in [1.29, 1.82) is 0 Å². The molecule has 0 aliphatic rings. The summed E-state index contributed by atoms with van der Waals surface area (Å²) in [5.41, 5.74) is 7.50. The highest BCUT2D eigenvalue weighted by atomic mass is 16.5. The first-order valence-electron chi connectivity index (χ1n) is 5.69. The number of ether oxygens (including phenoxy) is 2. The molecule has 0 saturated carbocycles. The summed E-state index contributed by atoms with van der Waals surface area (Å²) in [7, 11) is 2.83. The van der Waals surface area contributed by atoms with Gasteiger partial charge in [0.15, 0.2) is 5.69 Å². The van der Waals surface area contributed by atoms with Gasteiger partial charge in [-0.15, -0.1) is 0 Å². The van der Waals surface area contributed by atoms with Crippen molar-refractivity contribution in [1.82, 2.24) is 9.78 Å². The predicted octanol–water partition coefficient (Wildman–Crippen LogP) is 1.39. The average Bonchev–Trinajstić information content (AvgIpc) is 2.77. The van der Waals surface area contributed by atoms with Crippen molar-refractivity contribution in [2.75, 3.05) is 20.0 Å². The molecule has 2 rings (SSSR count). The SMILES string of the molecule is COCc1c(C(=O)OC)nn(-c2ccccc2)c1N. The van der Waals surface area contributed by atoms with Crippen LogP contribution in [0.5, 0.6) is 0 Å². The van der Waals surface area contributed by atoms with E-state index in [1.165, 1.54) is 18.9 Å². The largest absolute Gasteiger partial charge is 0.464 e. The van der Waals surface area contributed by atoms with Gasteiger partial charge in [0.25, 0.3) is 0 Å². The van der Waals surface area contributed by atoms with Crippen LogP contribution in [0.1, 0.15) is 16.1 Å². The maximum Gasteiger partial charge on any atom is 0.359 e. The van der Waals surface area contributed by atoms with Crippen LogP contribution in [0.25, 0.3) is 5.69 Å². The van der Waals surface area contributed by atoms with E-state index in [9.17, 15) is 4.79 Å². The van der Waals surface area contributed by atoms with E-state index in [1.807, 2.05) is 30.3 Å². The van der Waals surface area contributed by atoms with Crippen LogP contribution in [-0.4, -0.2) is 30.0 Å². The maximum absolute atomic E-state index is 11.7. The van der Waals surface area contributed by atoms with Crippen LogP contribution >= 0.6 is 0 Å². The highest BCUT2D eigenvalue weighted by molar-refractivity contribution is 5.90. The van der Waals surface area contributed by atoms with E-state index in [4.69, 9.17) is 15.2 Å². The van der Waals surface area contributed by atoms with Gasteiger partial charge in [0, 0.05) is 7.11 Å². The minimum absolute atomic E-state index is 0.172. The van der Waals surface area contributed by atoms with Crippen molar-refractivity contribution >= 4 is 11.8 Å². The third-order valence-electron chi connectivity index (χ3n) is 2.69. The topological polar surface area (TPSA) is 79.4 Å². The van der Waals surface area contributed by atoms with E-state index < -0.39 is 5.97 Å². The van der Waals surface area contributed by atoms with Gasteiger partial charge in [-0.2, -0.15) is 5.10 Å². The lowest BCUT2D eigenvalue weighted by Gasteiger charge is -2.04. The first kappa shape index (κ1) is 13.1. The molecule has 0 unspecified atom stereocenters. The van der Waals surface area contributed by atoms with Gasteiger partial charge >= 0.3 is 5.97 Å². The lowest BCUT2D eigenvalue weighted by atomic mass is 10.2. The maximum atomic E-state index is 11.7. The lowest BCUT2D eigenvalue weighted by molar-refractivity contribution is 0.0588. The van der Waals surface area contributed by atoms with Gasteiger partial charge in [-0.1, -0.05) is 18.2 Å². The number of anilines is 1. The Bertz CT molecular complexity index is 578. The number of carbonyl (C=O) groups excluding carboxylic acids is 1. The Kier molecular flexibility index (Phi) is 3.82. The molecule has 0 aliphatic heterocycles. The second-order valence-electron chi connectivity index (χ2n) is 3.88. The molecular weight excluding hydrogens is 246 g/mol. The zero-order chi connectivity index (χ0) is 13.8. The van der Waals surface area contributed by atoms with Crippen molar-refractivity contribution < 1.29 is 14.3 Å². The molecule has 2 aromatic rings. The van der Waals surface area contributed by atoms with E-state index in [0.717, 1.165) is 5.69 Å². The molecule has 0 spiro atoms. The van der Waals surface area contributed by atoms with Gasteiger partial charge in [-0.25, -0.2) is 9.48 Å². The van der Waals surface area contributed by atoms with E-state index >= 15 is 0 Å². The number of nitrogens with zero attached hydrogens (tertiary/aromatic N) is 2. The molecule has 1 heterocycles. The summed E-state index contributed by atoms with van der Waals surface area (Å²) in [4.78, 5) is 11.7. The fourth-order valence-corrected chi connectivity index (χ4v) is 1.78. The number of hydrogen-bond acceptors (Lipinski definition) is 5. The van der Waals surface area contributed by atoms with Crippen LogP contribution in [-0.2, 0) is 16.1 Å². The number of methoxy groups -OCH3 is 2. The van der Waals surface area contributed by atoms with Crippen molar-refractivity contribution in [3.63, 3.8) is 0 Å². The third kappa shape index (κ3) is 2.43. The summed E-state index contributed by atoms with van der Waals surface area (Å²) < 4.78 is 11.3. The number of rotatable bonds is 4. The second kappa shape index (κ2) is 5.53. The molecule has 1 aromatic heterocycles. The standard InChI is InChI=1S/C13H15N3O3/c1-18-8-10-11(13(17)19-2)15-16(12(10)14)9-6-4-3-5-7-9/h3-7H,8,14H2,1-2H3. The first-order valence-corrected chi connectivity index (χ1v) is 5.69. The summed E-state index contributed by atoms with van der Waals surface area (Å²) in [6.07, 6.45) is 0. The van der Waals surface area contributed by atoms with Crippen molar-refractivity contribution in [2.45, 2.75) is 6.61 Å². The number of aromatic nitrogens is 2. The Morgan fingerprint density at radius 2 is 2.00 bits per heavy atom. The summed E-state index contributed by atoms with van der Waals surface area (Å²) in [6, 6.07) is 9.32. The number of para-hydroxylation sites is 1. The van der Waals surface area contributed by atoms with Gasteiger partial charge in [-0.3, -0.25) is 0 Å². The number of nitrogen functional groups attached to an aromatic ring is 1. The van der Waals surface area contributed by atoms with E-state index in [-0.39, 0.29) is 12.3 Å². The number of nitrogens with two attached hydrogens (primary N) is 1. The molecule has 0 amide bonds. The van der Waals surface area contributed by atoms with Crippen molar-refractivity contribution in [3.05, 3.63) is 41.6 Å². The van der Waals surface area contributed by atoms with Crippen molar-refractivity contribution in [3.8, 4) is 5.69 Å². The van der Waals surface area contributed by atoms with Gasteiger partial charge < -0.3 is 15.2 Å². The Morgan fingerprint density at radius 3 is 2.58 bits per heavy atom. The molecule has 6 heteroatoms. The smallest absolute Gasteiger partial charge is 0.359 e. The van der Waals surface area contributed by atoms with Crippen LogP contribution in [0.2, 0.25) is 0 Å². The normalized spacial score (nSPS) is 10.4. The monoisotopic (exact) mass is 261 g/mol. The molecule has 6 nitrogen and oxygen atoms in total. The lowest BCUT2D eigenvalue weighted by Crippen LogP contribution is -2.06. The van der Waals surface area contributed by atoms with Gasteiger partial charge in [0.2, 0.25) is 0 Å². The first-order chi connectivity index (χ1) is 9.19. The number of esters is 1. The molecule has 0 aliphatic carbocycles. The Balaban J connectivity index is 2.55. The molecule has 100 valence electrons. The quantitative estimate of drug-likeness (QED) is 0.841. The summed E-state index contributed by atoms with van der Waals surface area (Å²) in [5, 5.41) is 4.21. The average molecular weight is 261 g/mol. The van der Waals surface area contributed by atoms with Crippen LogP contribution in [0, 0.1) is 0 Å². The Morgan fingerprint density at radius 1 is 1.32 bits per heavy atom. The Hall–Kier alpha value is -2.34. The molecule has 2 N–H and O–H groups in total. The fraction of sp³-hybridized carbons (Fsp3) is 0.231. The third-order valence-corrected chi connectivity index (χ3v) is 2.69. The van der Waals surface area contributed by atoms with Crippen LogP contribution < -0.4 is 5.73 Å². The zero-order valence-corrected chi connectivity index (χ0v) is 10.8. The molecule has 0 atom stereocenters. The second-order valence-corrected chi connectivity index (χ2v) is 3.88. The van der Waals surface area contributed by atoms with E-state index in [0.29, 0.717) is 11.4 Å². The van der Waals surface area contributed by atoms with Gasteiger partial charge in [0.05, 0.1) is 25.0 Å². The predicted molar refractivity (Wildman–Crippen MR) is 70.0 cm³/mol. The van der Waals surface area contributed by atoms with E-state index in [2.05, 4.69) is 5.10 Å². The fourth-order valence-electron chi connectivity index (χ4n) is 1.78. The highest BCUT2D eigenvalue weighted by Gasteiger charge is 2.22. The molecule has 19 heavy (non-hydrogen) atoms. The molecule has 0 bridgehead atoms. The molecule has 0 saturated heterocycles. The summed E-state index contributed by atoms with van der Waals surface area (Å²) in [6.45, 7) is 0.198. The van der Waals surface area contributed by atoms with Gasteiger partial charge in [-0.05, 0) is 12.1 Å². The summed E-state index contributed by atoms with van der Waals surface area (Å²) in [5.74, 6) is -0.165. The van der Waals surface area contributed by atoms with Crippen LogP contribution in [0.4, 0.5) is 5.82 Å². The number of carbonyl (C=O) groups is 1. The van der Waals surface area contributed by atoms with Gasteiger partial charge in [0.1, 0.15) is 5.82 Å². The number of benzene rings is 1. The molecular formula is C13H15N3O3. The summed E-state index contributed by atoms with van der Waals surface area (Å²) >= 11 is 0. The Labute approximate surface area is 110 Å². The zero-order valence-electron chi connectivity index (χ0n) is 10.8. The molecule has 1 aromatic carbocycles. The minimum atomic E-state index is -0.534. The molecule has 0 radical (unpaired) electrons. The highest BCUT2D eigenvalue weighted by Crippen LogP contribution is 2.22. The van der Waals surface area contributed by atoms with Crippen LogP contribution in [0.15, 0.2) is 30.3 Å². The minimum Gasteiger partial charge on any atom is -0.464 e. The van der Waals surface area contributed by atoms with Crippen LogP contribution in [0.3, 0.4) is 0 Å². The van der Waals surface area contributed by atoms with Crippen molar-refractivity contribution in [2.24, 2.45) is 0 Å². The number of hydrogen-bond donors (Lipinski definition) is 1. The van der Waals surface area contributed by atoms with E-state index in [1.54, 1.807) is 0 Å².